The number of hydrogen-bond acceptors (Lipinski definition) is 0. The number of aromatic nitrogens is 1. The Balaban J connectivity index is 2.33. The van der Waals surface area contributed by atoms with E-state index in [4.69, 9.17) is 0 Å². The Kier molecular flexibility index (Phi) is 9.31. The molecule has 1 aliphatic carbocycles. The van der Waals surface area contributed by atoms with Gasteiger partial charge < -0.3 is 4.98 Å². The van der Waals surface area contributed by atoms with Crippen LogP contribution in [0.25, 0.3) is 23.8 Å². The second-order valence-corrected chi connectivity index (χ2v) is 9.26. The second kappa shape index (κ2) is 12.4. The highest BCUT2D eigenvalue weighted by Gasteiger charge is 2.34. The zero-order valence-corrected chi connectivity index (χ0v) is 22.9. The number of unbranched alkanes of at least 4 members (excludes halogenated alkanes) is 1. The maximum absolute atomic E-state index is 4.40. The average Bonchev–Trinajstić information content (AvgIpc) is 3.33. The molecule has 0 bridgehead atoms. The van der Waals surface area contributed by atoms with Crippen LogP contribution < -0.4 is 10.6 Å². The fourth-order valence-corrected chi connectivity index (χ4v) is 5.23. The van der Waals surface area contributed by atoms with Gasteiger partial charge in [0.25, 0.3) is 0 Å². The Morgan fingerprint density at radius 2 is 1.72 bits per heavy atom. The molecule has 1 atom stereocenters. The zero-order valence-electron chi connectivity index (χ0n) is 22.9. The van der Waals surface area contributed by atoms with E-state index in [1.54, 1.807) is 0 Å². The summed E-state index contributed by atoms with van der Waals surface area (Å²) < 4.78 is 0. The molecule has 0 spiro atoms. The van der Waals surface area contributed by atoms with E-state index in [1.165, 1.54) is 44.6 Å². The van der Waals surface area contributed by atoms with Gasteiger partial charge in [-0.2, -0.15) is 0 Å². The van der Waals surface area contributed by atoms with Gasteiger partial charge >= 0.3 is 0 Å². The van der Waals surface area contributed by atoms with Crippen LogP contribution in [0.5, 0.6) is 0 Å². The van der Waals surface area contributed by atoms with Gasteiger partial charge in [-0.1, -0.05) is 105 Å². The Morgan fingerprint density at radius 3 is 2.31 bits per heavy atom. The minimum atomic E-state index is 0.0921. The van der Waals surface area contributed by atoms with Gasteiger partial charge in [0.2, 0.25) is 0 Å². The average molecular weight is 476 g/mol. The first-order valence-corrected chi connectivity index (χ1v) is 13.1. The van der Waals surface area contributed by atoms with Gasteiger partial charge in [-0.3, -0.25) is 0 Å². The van der Waals surface area contributed by atoms with Gasteiger partial charge in [0.1, 0.15) is 0 Å². The van der Waals surface area contributed by atoms with Crippen LogP contribution in [0.15, 0.2) is 102 Å². The van der Waals surface area contributed by atoms with Crippen molar-refractivity contribution in [2.45, 2.75) is 54.4 Å². The number of benzene rings is 1. The Hall–Kier alpha value is -3.58. The highest BCUT2D eigenvalue weighted by molar-refractivity contribution is 5.92. The molecule has 1 nitrogen and oxygen atoms in total. The molecule has 0 saturated heterocycles. The summed E-state index contributed by atoms with van der Waals surface area (Å²) in [6, 6.07) is 10.7. The topological polar surface area (TPSA) is 15.8 Å². The van der Waals surface area contributed by atoms with Crippen molar-refractivity contribution in [3.63, 3.8) is 0 Å². The summed E-state index contributed by atoms with van der Waals surface area (Å²) in [6.07, 6.45) is 19.6. The summed E-state index contributed by atoms with van der Waals surface area (Å²) in [5, 5.41) is 2.22. The van der Waals surface area contributed by atoms with E-state index in [2.05, 4.69) is 132 Å². The van der Waals surface area contributed by atoms with Gasteiger partial charge in [0, 0.05) is 22.5 Å². The third kappa shape index (κ3) is 5.16. The molecule has 0 aliphatic heterocycles. The largest absolute Gasteiger partial charge is 0.355 e. The molecular formula is C35H41N. The van der Waals surface area contributed by atoms with Gasteiger partial charge in [-0.05, 0) is 85.3 Å². The van der Waals surface area contributed by atoms with E-state index >= 15 is 0 Å². The molecule has 1 aromatic carbocycles. The fraction of sp³-hybridized carbons (Fsp3) is 0.257. The third-order valence-electron chi connectivity index (χ3n) is 7.12. The van der Waals surface area contributed by atoms with Gasteiger partial charge in [-0.15, -0.1) is 0 Å². The summed E-state index contributed by atoms with van der Waals surface area (Å²) >= 11 is 0. The number of aromatic amines is 1. The molecule has 0 fully saturated rings. The lowest BCUT2D eigenvalue weighted by Crippen LogP contribution is -2.21. The van der Waals surface area contributed by atoms with Crippen molar-refractivity contribution in [2.75, 3.05) is 0 Å². The molecule has 2 aromatic rings. The van der Waals surface area contributed by atoms with Crippen molar-refractivity contribution in [3.05, 3.63) is 129 Å². The SMILES string of the molecule is C=CC1=C(c2[nH]/c(=C/CCC)c(=C)c2C)C(C)=C(/C=C\C=C/C)C1C(=C/C)/C(=C\C)c1ccccc1. The molecule has 1 unspecified atom stereocenters. The monoisotopic (exact) mass is 475 g/mol. The van der Waals surface area contributed by atoms with Crippen LogP contribution in [-0.2, 0) is 0 Å². The van der Waals surface area contributed by atoms with Crippen LogP contribution >= 0.6 is 0 Å². The fourth-order valence-electron chi connectivity index (χ4n) is 5.23. The number of allylic oxidation sites excluding steroid dienone is 13. The first-order valence-electron chi connectivity index (χ1n) is 13.1. The quantitative estimate of drug-likeness (QED) is 0.351. The molecule has 36 heavy (non-hydrogen) atoms. The van der Waals surface area contributed by atoms with Crippen LogP contribution in [0, 0.1) is 12.8 Å². The molecule has 1 heteroatoms. The van der Waals surface area contributed by atoms with Crippen molar-refractivity contribution in [3.8, 4) is 0 Å². The number of hydrogen-bond donors (Lipinski definition) is 1. The highest BCUT2D eigenvalue weighted by atomic mass is 14.7. The van der Waals surface area contributed by atoms with Gasteiger partial charge in [0.15, 0.2) is 0 Å². The van der Waals surface area contributed by atoms with Crippen molar-refractivity contribution in [2.24, 2.45) is 5.92 Å². The van der Waals surface area contributed by atoms with E-state index in [9.17, 15) is 0 Å². The maximum Gasteiger partial charge on any atom is 0.0500 e. The van der Waals surface area contributed by atoms with Crippen LogP contribution in [0.2, 0.25) is 0 Å². The predicted molar refractivity (Wildman–Crippen MR) is 161 cm³/mol. The first-order chi connectivity index (χ1) is 17.4. The minimum Gasteiger partial charge on any atom is -0.355 e. The molecule has 1 heterocycles. The Labute approximate surface area is 218 Å². The first kappa shape index (κ1) is 27.0. The number of rotatable bonds is 9. The lowest BCUT2D eigenvalue weighted by molar-refractivity contribution is 0.926. The third-order valence-corrected chi connectivity index (χ3v) is 7.12. The Bertz CT molecular complexity index is 1390. The van der Waals surface area contributed by atoms with Crippen molar-refractivity contribution < 1.29 is 0 Å². The lowest BCUT2D eigenvalue weighted by atomic mass is 9.80. The molecule has 3 rings (SSSR count). The van der Waals surface area contributed by atoms with E-state index in [-0.39, 0.29) is 5.92 Å². The molecule has 1 aliphatic rings. The predicted octanol–water partition coefficient (Wildman–Crippen LogP) is 8.38. The van der Waals surface area contributed by atoms with Crippen molar-refractivity contribution in [1.29, 1.82) is 0 Å². The summed E-state index contributed by atoms with van der Waals surface area (Å²) in [5.41, 5.74) is 11.2. The zero-order chi connectivity index (χ0) is 26.2. The van der Waals surface area contributed by atoms with E-state index in [1.807, 2.05) is 6.92 Å². The van der Waals surface area contributed by atoms with E-state index < -0.39 is 0 Å². The van der Waals surface area contributed by atoms with Crippen LogP contribution in [0.1, 0.15) is 64.3 Å². The summed E-state index contributed by atoms with van der Waals surface area (Å²) in [7, 11) is 0. The van der Waals surface area contributed by atoms with Crippen LogP contribution in [0.3, 0.4) is 0 Å². The summed E-state index contributed by atoms with van der Waals surface area (Å²) in [6.45, 7) is 21.7. The normalized spacial score (nSPS) is 17.9. The molecular weight excluding hydrogens is 434 g/mol. The van der Waals surface area contributed by atoms with E-state index in [0.29, 0.717) is 0 Å². The molecule has 0 saturated carbocycles. The lowest BCUT2D eigenvalue weighted by Gasteiger charge is -2.23. The minimum absolute atomic E-state index is 0.0921. The Morgan fingerprint density at radius 1 is 1.00 bits per heavy atom. The number of H-pyrrole nitrogens is 1. The van der Waals surface area contributed by atoms with E-state index in [0.717, 1.165) is 29.1 Å². The molecule has 1 aromatic heterocycles. The summed E-state index contributed by atoms with van der Waals surface area (Å²) in [4.78, 5) is 3.73. The van der Waals surface area contributed by atoms with Crippen molar-refractivity contribution >= 4 is 23.8 Å². The smallest absolute Gasteiger partial charge is 0.0500 e. The molecule has 0 radical (unpaired) electrons. The van der Waals surface area contributed by atoms with Gasteiger partial charge in [-0.25, -0.2) is 0 Å². The molecule has 1 N–H and O–H groups in total. The van der Waals surface area contributed by atoms with Crippen molar-refractivity contribution in [1.82, 2.24) is 4.98 Å². The van der Waals surface area contributed by atoms with Gasteiger partial charge in [0.05, 0.1) is 0 Å². The second-order valence-electron chi connectivity index (χ2n) is 9.26. The highest BCUT2D eigenvalue weighted by Crippen LogP contribution is 2.49. The van der Waals surface area contributed by atoms with Crippen LogP contribution in [0.4, 0.5) is 0 Å². The number of nitrogens with one attached hydrogen (secondary N) is 1. The molecule has 0 amide bonds. The summed E-state index contributed by atoms with van der Waals surface area (Å²) in [5.74, 6) is 0.0921. The standard InChI is InChI=1S/C35H41N/c1-9-14-17-22-31-26(8)33(35-25(7)24(6)32(36-35)23-15-10-2)30(13-5)34(31)29(12-4)28(11-3)27-20-18-16-19-21-27/h9,11-14,16-23,34,36H,5-6,10,15H2,1-4,7-8H3/b14-9-,22-17-,28-11-,29-12+,32-23+. The maximum atomic E-state index is 4.40. The molecule has 186 valence electrons. The van der Waals surface area contributed by atoms with Crippen LogP contribution in [-0.4, -0.2) is 4.98 Å².